The van der Waals surface area contributed by atoms with Gasteiger partial charge in [0, 0.05) is 49.1 Å². The minimum Gasteiger partial charge on any atom is -0.399 e. The van der Waals surface area contributed by atoms with Crippen molar-refractivity contribution in [3.63, 3.8) is 0 Å². The van der Waals surface area contributed by atoms with Crippen LogP contribution in [0.3, 0.4) is 0 Å². The van der Waals surface area contributed by atoms with E-state index >= 15 is 0 Å². The van der Waals surface area contributed by atoms with Crippen LogP contribution in [0.1, 0.15) is 55.7 Å². The Kier molecular flexibility index (Phi) is 6.71. The Morgan fingerprint density at radius 2 is 1.64 bits per heavy atom. The van der Waals surface area contributed by atoms with Crippen molar-refractivity contribution in [3.05, 3.63) is 99.7 Å². The molecule has 0 atom stereocenters. The van der Waals surface area contributed by atoms with E-state index in [0.717, 1.165) is 41.6 Å². The molecule has 10 heteroatoms. The largest absolute Gasteiger partial charge is 0.494 e. The zero-order valence-corrected chi connectivity index (χ0v) is 25.5. The molecular weight excluding hydrogens is 558 g/mol. The third kappa shape index (κ3) is 4.90. The van der Waals surface area contributed by atoms with Gasteiger partial charge in [0.1, 0.15) is 5.82 Å². The molecule has 8 nitrogen and oxygen atoms in total. The lowest BCUT2D eigenvalue weighted by atomic mass is 9.77. The van der Waals surface area contributed by atoms with Crippen molar-refractivity contribution in [2.24, 2.45) is 5.41 Å². The van der Waals surface area contributed by atoms with E-state index < -0.39 is 12.9 Å². The fourth-order valence-electron chi connectivity index (χ4n) is 6.65. The Hall–Kier alpha value is -4.02. The van der Waals surface area contributed by atoms with Crippen molar-refractivity contribution in [1.29, 1.82) is 0 Å². The van der Waals surface area contributed by atoms with Gasteiger partial charge in [-0.2, -0.15) is 5.10 Å². The van der Waals surface area contributed by atoms with Crippen LogP contribution in [0.15, 0.2) is 71.5 Å². The zero-order chi connectivity index (χ0) is 30.9. The second-order valence-electron chi connectivity index (χ2n) is 13.5. The molecule has 3 aliphatic heterocycles. The van der Waals surface area contributed by atoms with Gasteiger partial charge in [-0.15, -0.1) is 0 Å². The first-order valence-corrected chi connectivity index (χ1v) is 15.2. The summed E-state index contributed by atoms with van der Waals surface area (Å²) in [4.78, 5) is 29.8. The van der Waals surface area contributed by atoms with Crippen molar-refractivity contribution in [1.82, 2.24) is 15.1 Å². The van der Waals surface area contributed by atoms with Gasteiger partial charge in [-0.25, -0.2) is 9.49 Å². The second kappa shape index (κ2) is 10.3. The molecule has 3 fully saturated rings. The average Bonchev–Trinajstić information content (AvgIpc) is 3.53. The molecule has 3 aliphatic rings. The number of rotatable bonds is 5. The number of carbonyl (C=O) groups is 1. The van der Waals surface area contributed by atoms with Crippen molar-refractivity contribution < 1.29 is 18.5 Å². The molecule has 226 valence electrons. The predicted molar refractivity (Wildman–Crippen MR) is 169 cm³/mol. The van der Waals surface area contributed by atoms with E-state index in [1.54, 1.807) is 29.2 Å². The summed E-state index contributed by atoms with van der Waals surface area (Å²) < 4.78 is 27.4. The summed E-state index contributed by atoms with van der Waals surface area (Å²) in [5, 5.41) is 8.08. The van der Waals surface area contributed by atoms with Gasteiger partial charge >= 0.3 is 7.12 Å². The lowest BCUT2D eigenvalue weighted by Crippen LogP contribution is -2.58. The molecule has 1 spiro atoms. The van der Waals surface area contributed by atoms with Gasteiger partial charge in [-0.1, -0.05) is 36.4 Å². The summed E-state index contributed by atoms with van der Waals surface area (Å²) in [5.41, 5.74) is 2.61. The van der Waals surface area contributed by atoms with E-state index in [1.165, 1.54) is 6.07 Å². The monoisotopic (exact) mass is 594 g/mol. The fourth-order valence-corrected chi connectivity index (χ4v) is 6.65. The zero-order valence-electron chi connectivity index (χ0n) is 25.5. The highest BCUT2D eigenvalue weighted by Gasteiger charge is 2.52. The SMILES string of the molecule is CC1(C)OB(c2ccc(N3CC4(CCN(C(=O)c5cc(Cc6n[nH]c(=O)c7ccccc67)ccc5F)C4)C3)cc2)OC1(C)C. The Balaban J connectivity index is 1.00. The summed E-state index contributed by atoms with van der Waals surface area (Å²) >= 11 is 0. The standard InChI is InChI=1S/C34H36BFN4O4/c1-32(2)33(3,4)44-35(43-32)23-10-12-24(13-11-23)40-20-34(21-40)15-16-39(19-34)31(42)27-17-22(9-14-28(27)36)18-29-25-7-5-6-8-26(25)30(41)38-37-29/h5-14,17H,15-16,18-21H2,1-4H3,(H,38,41). The number of fused-ring (bicyclic) bond motifs is 1. The van der Waals surface area contributed by atoms with Crippen molar-refractivity contribution in [2.45, 2.75) is 51.7 Å². The molecule has 44 heavy (non-hydrogen) atoms. The number of halogens is 1. The number of aromatic nitrogens is 2. The number of hydrogen-bond acceptors (Lipinski definition) is 6. The molecule has 1 N–H and O–H groups in total. The molecule has 0 aliphatic carbocycles. The van der Waals surface area contributed by atoms with Crippen LogP contribution in [0.5, 0.6) is 0 Å². The molecule has 3 aromatic carbocycles. The smallest absolute Gasteiger partial charge is 0.399 e. The third-order valence-electron chi connectivity index (χ3n) is 9.97. The molecule has 7 rings (SSSR count). The van der Waals surface area contributed by atoms with Crippen LogP contribution >= 0.6 is 0 Å². The number of benzene rings is 3. The van der Waals surface area contributed by atoms with E-state index in [4.69, 9.17) is 9.31 Å². The molecule has 0 radical (unpaired) electrons. The first-order chi connectivity index (χ1) is 20.9. The normalized spacial score (nSPS) is 20.0. The lowest BCUT2D eigenvalue weighted by molar-refractivity contribution is 0.00578. The molecule has 1 amide bonds. The van der Waals surface area contributed by atoms with Crippen LogP contribution in [0.25, 0.3) is 10.8 Å². The van der Waals surface area contributed by atoms with Crippen LogP contribution < -0.4 is 15.9 Å². The number of nitrogens with one attached hydrogen (secondary N) is 1. The number of amides is 1. The van der Waals surface area contributed by atoms with E-state index in [-0.39, 0.29) is 33.6 Å². The molecule has 4 heterocycles. The van der Waals surface area contributed by atoms with E-state index in [0.29, 0.717) is 30.6 Å². The first-order valence-electron chi connectivity index (χ1n) is 15.2. The van der Waals surface area contributed by atoms with Crippen LogP contribution in [0.2, 0.25) is 0 Å². The highest BCUT2D eigenvalue weighted by Crippen LogP contribution is 2.42. The number of carbonyl (C=O) groups excluding carboxylic acids is 1. The van der Waals surface area contributed by atoms with Crippen molar-refractivity contribution in [2.75, 3.05) is 31.1 Å². The molecule has 0 saturated carbocycles. The average molecular weight is 594 g/mol. The van der Waals surface area contributed by atoms with Gasteiger partial charge in [-0.05, 0) is 75.5 Å². The number of nitrogens with zero attached hydrogens (tertiary/aromatic N) is 3. The number of H-pyrrole nitrogens is 1. The number of hydrogen-bond donors (Lipinski definition) is 1. The Morgan fingerprint density at radius 1 is 0.955 bits per heavy atom. The van der Waals surface area contributed by atoms with Crippen LogP contribution in [0.4, 0.5) is 10.1 Å². The molecule has 0 unspecified atom stereocenters. The lowest BCUT2D eigenvalue weighted by Gasteiger charge is -2.49. The summed E-state index contributed by atoms with van der Waals surface area (Å²) in [6, 6.07) is 20.2. The summed E-state index contributed by atoms with van der Waals surface area (Å²) in [7, 11) is -0.391. The number of likely N-dealkylation sites (tertiary alicyclic amines) is 1. The molecule has 3 saturated heterocycles. The Bertz CT molecular complexity index is 1800. The van der Waals surface area contributed by atoms with Gasteiger partial charge in [0.25, 0.3) is 11.5 Å². The molecular formula is C34H36BFN4O4. The maximum Gasteiger partial charge on any atom is 0.494 e. The highest BCUT2D eigenvalue weighted by molar-refractivity contribution is 6.62. The van der Waals surface area contributed by atoms with Crippen LogP contribution in [-0.4, -0.2) is 65.5 Å². The van der Waals surface area contributed by atoms with Gasteiger partial charge in [-0.3, -0.25) is 9.59 Å². The molecule has 1 aromatic heterocycles. The highest BCUT2D eigenvalue weighted by atomic mass is 19.1. The van der Waals surface area contributed by atoms with Gasteiger partial charge < -0.3 is 19.1 Å². The summed E-state index contributed by atoms with van der Waals surface area (Å²) in [6.07, 6.45) is 1.25. The maximum absolute atomic E-state index is 15.0. The predicted octanol–water partition coefficient (Wildman–Crippen LogP) is 4.30. The van der Waals surface area contributed by atoms with Crippen molar-refractivity contribution >= 4 is 34.9 Å². The summed E-state index contributed by atoms with van der Waals surface area (Å²) in [6.45, 7) is 11.1. The molecule has 4 aromatic rings. The maximum atomic E-state index is 15.0. The van der Waals surface area contributed by atoms with Gasteiger partial charge in [0.05, 0.1) is 27.8 Å². The van der Waals surface area contributed by atoms with Crippen LogP contribution in [-0.2, 0) is 15.7 Å². The Labute approximate surface area is 256 Å². The van der Waals surface area contributed by atoms with E-state index in [9.17, 15) is 14.0 Å². The van der Waals surface area contributed by atoms with Gasteiger partial charge in [0.2, 0.25) is 0 Å². The number of anilines is 1. The van der Waals surface area contributed by atoms with Gasteiger partial charge in [0.15, 0.2) is 0 Å². The first kappa shape index (κ1) is 28.7. The minimum atomic E-state index is -0.531. The van der Waals surface area contributed by atoms with Crippen LogP contribution in [0, 0.1) is 11.2 Å². The van der Waals surface area contributed by atoms with E-state index in [1.807, 2.05) is 12.1 Å². The van der Waals surface area contributed by atoms with Crippen molar-refractivity contribution in [3.8, 4) is 0 Å². The fraction of sp³-hybridized carbons (Fsp3) is 0.382. The van der Waals surface area contributed by atoms with E-state index in [2.05, 4.69) is 67.1 Å². The summed E-state index contributed by atoms with van der Waals surface area (Å²) in [5.74, 6) is -0.818. The minimum absolute atomic E-state index is 0.00683. The quantitative estimate of drug-likeness (QED) is 0.347. The topological polar surface area (TPSA) is 87.8 Å². The number of aromatic amines is 1. The second-order valence-corrected chi connectivity index (χ2v) is 13.5. The Morgan fingerprint density at radius 3 is 2.34 bits per heavy atom. The molecule has 0 bridgehead atoms. The third-order valence-corrected chi connectivity index (χ3v) is 9.97.